The second-order valence-corrected chi connectivity index (χ2v) is 6.51. The van der Waals surface area contributed by atoms with Crippen molar-refractivity contribution in [2.75, 3.05) is 0 Å². The Morgan fingerprint density at radius 3 is 2.86 bits per heavy atom. The van der Waals surface area contributed by atoms with Crippen LogP contribution < -0.4 is 5.73 Å². The molecule has 1 fully saturated rings. The quantitative estimate of drug-likeness (QED) is 0.879. The summed E-state index contributed by atoms with van der Waals surface area (Å²) in [6.45, 7) is 3.10. The summed E-state index contributed by atoms with van der Waals surface area (Å²) in [6, 6.07) is 11.2. The van der Waals surface area contributed by atoms with Crippen LogP contribution >= 0.6 is 0 Å². The lowest BCUT2D eigenvalue weighted by Crippen LogP contribution is -2.22. The second kappa shape index (κ2) is 5.54. The Hall–Kier alpha value is -1.79. The maximum absolute atomic E-state index is 9.01. The van der Waals surface area contributed by atoms with Gasteiger partial charge in [0.1, 0.15) is 0 Å². The highest BCUT2D eigenvalue weighted by atomic mass is 15.0. The van der Waals surface area contributed by atoms with Crippen molar-refractivity contribution < 1.29 is 0 Å². The summed E-state index contributed by atoms with van der Waals surface area (Å²) < 4.78 is 2.34. The Kier molecular flexibility index (Phi) is 3.73. The van der Waals surface area contributed by atoms with Gasteiger partial charge < -0.3 is 10.3 Å². The van der Waals surface area contributed by atoms with E-state index in [-0.39, 0.29) is 11.5 Å². The van der Waals surface area contributed by atoms with E-state index in [1.165, 1.54) is 29.3 Å². The van der Waals surface area contributed by atoms with Crippen LogP contribution in [-0.4, -0.2) is 10.6 Å². The molecular formula is C18H23N3. The lowest BCUT2D eigenvalue weighted by Gasteiger charge is -2.16. The average molecular weight is 281 g/mol. The number of hydrogen-bond donors (Lipinski definition) is 1. The third-order valence-corrected chi connectivity index (χ3v) is 4.80. The van der Waals surface area contributed by atoms with Gasteiger partial charge in [-0.15, -0.1) is 0 Å². The third kappa shape index (κ3) is 2.82. The monoisotopic (exact) mass is 281 g/mol. The Morgan fingerprint density at radius 2 is 2.19 bits per heavy atom. The zero-order valence-electron chi connectivity index (χ0n) is 12.7. The van der Waals surface area contributed by atoms with Crippen LogP contribution in [0.4, 0.5) is 0 Å². The molecule has 1 aromatic carbocycles. The number of hydrogen-bond acceptors (Lipinski definition) is 2. The average Bonchev–Trinajstić information content (AvgIpc) is 3.11. The molecule has 3 heteroatoms. The van der Waals surface area contributed by atoms with Crippen molar-refractivity contribution in [1.82, 2.24) is 4.57 Å². The Bertz CT molecular complexity index is 673. The minimum absolute atomic E-state index is 0.216. The van der Waals surface area contributed by atoms with E-state index < -0.39 is 0 Å². The lowest BCUT2D eigenvalue weighted by atomic mass is 10.0. The molecule has 1 unspecified atom stereocenters. The van der Waals surface area contributed by atoms with Crippen molar-refractivity contribution in [2.24, 2.45) is 11.1 Å². The first-order valence-corrected chi connectivity index (χ1v) is 7.87. The van der Waals surface area contributed by atoms with Crippen LogP contribution in [0.1, 0.15) is 38.2 Å². The van der Waals surface area contributed by atoms with Gasteiger partial charge in [-0.25, -0.2) is 0 Å². The zero-order valence-corrected chi connectivity index (χ0v) is 12.7. The molecular weight excluding hydrogens is 258 g/mol. The van der Waals surface area contributed by atoms with E-state index in [1.54, 1.807) is 0 Å². The van der Waals surface area contributed by atoms with Crippen molar-refractivity contribution in [1.29, 1.82) is 5.26 Å². The predicted molar refractivity (Wildman–Crippen MR) is 85.8 cm³/mol. The molecule has 1 heterocycles. The fourth-order valence-corrected chi connectivity index (χ4v) is 3.16. The van der Waals surface area contributed by atoms with Gasteiger partial charge in [0.05, 0.1) is 11.6 Å². The van der Waals surface area contributed by atoms with E-state index >= 15 is 0 Å². The van der Waals surface area contributed by atoms with Gasteiger partial charge in [0.15, 0.2) is 0 Å². The van der Waals surface area contributed by atoms with E-state index in [2.05, 4.69) is 48.0 Å². The molecule has 2 N–H and O–H groups in total. The van der Waals surface area contributed by atoms with Crippen LogP contribution in [0, 0.1) is 16.7 Å². The van der Waals surface area contributed by atoms with Gasteiger partial charge in [-0.2, -0.15) is 5.26 Å². The fourth-order valence-electron chi connectivity index (χ4n) is 3.16. The van der Waals surface area contributed by atoms with Crippen LogP contribution in [0.25, 0.3) is 10.9 Å². The number of benzene rings is 1. The van der Waals surface area contributed by atoms with Crippen LogP contribution in [0.3, 0.4) is 0 Å². The smallest absolute Gasteiger partial charge is 0.0628 e. The van der Waals surface area contributed by atoms with Gasteiger partial charge in [0.2, 0.25) is 0 Å². The van der Waals surface area contributed by atoms with E-state index in [0.717, 1.165) is 19.4 Å². The summed E-state index contributed by atoms with van der Waals surface area (Å²) in [6.07, 6.45) is 7.11. The van der Waals surface area contributed by atoms with Gasteiger partial charge in [-0.05, 0) is 42.7 Å². The Morgan fingerprint density at radius 1 is 1.38 bits per heavy atom. The molecule has 0 spiro atoms. The molecule has 1 atom stereocenters. The fraction of sp³-hybridized carbons (Fsp3) is 0.500. The first-order valence-electron chi connectivity index (χ1n) is 7.87. The first-order chi connectivity index (χ1) is 10.2. The Balaban J connectivity index is 1.94. The summed E-state index contributed by atoms with van der Waals surface area (Å²) in [5, 5.41) is 10.3. The molecule has 1 aliphatic carbocycles. The highest BCUT2D eigenvalue weighted by Crippen LogP contribution is 2.50. The maximum atomic E-state index is 9.01. The molecule has 0 aliphatic heterocycles. The number of fused-ring (bicyclic) bond motifs is 1. The largest absolute Gasteiger partial charge is 0.347 e. The van der Waals surface area contributed by atoms with E-state index in [1.807, 2.05) is 0 Å². The number of rotatable bonds is 6. The second-order valence-electron chi connectivity index (χ2n) is 6.51. The maximum Gasteiger partial charge on any atom is 0.0628 e. The minimum atomic E-state index is 0.216. The van der Waals surface area contributed by atoms with Crippen molar-refractivity contribution in [3.05, 3.63) is 36.0 Å². The van der Waals surface area contributed by atoms with Crippen molar-refractivity contribution >= 4 is 10.9 Å². The molecule has 1 aromatic heterocycles. The molecule has 110 valence electrons. The molecule has 1 saturated carbocycles. The SMILES string of the molecule is CCC(N)Cc1cccc2ccn(CC3(CC#N)CC3)c12. The lowest BCUT2D eigenvalue weighted by molar-refractivity contribution is 0.439. The van der Waals surface area contributed by atoms with Gasteiger partial charge >= 0.3 is 0 Å². The van der Waals surface area contributed by atoms with Crippen LogP contribution in [0.2, 0.25) is 0 Å². The number of aromatic nitrogens is 1. The normalized spacial score (nSPS) is 17.6. The highest BCUT2D eigenvalue weighted by Gasteiger charge is 2.42. The molecule has 0 radical (unpaired) electrons. The van der Waals surface area contributed by atoms with Gasteiger partial charge in [0.25, 0.3) is 0 Å². The van der Waals surface area contributed by atoms with Crippen LogP contribution in [-0.2, 0) is 13.0 Å². The van der Waals surface area contributed by atoms with Crippen molar-refractivity contribution in [3.8, 4) is 6.07 Å². The molecule has 21 heavy (non-hydrogen) atoms. The van der Waals surface area contributed by atoms with E-state index in [4.69, 9.17) is 11.0 Å². The molecule has 3 rings (SSSR count). The van der Waals surface area contributed by atoms with Crippen LogP contribution in [0.5, 0.6) is 0 Å². The summed E-state index contributed by atoms with van der Waals surface area (Å²) >= 11 is 0. The molecule has 3 nitrogen and oxygen atoms in total. The first kappa shape index (κ1) is 14.2. The number of nitriles is 1. The van der Waals surface area contributed by atoms with Crippen molar-refractivity contribution in [3.63, 3.8) is 0 Å². The molecule has 2 aromatic rings. The Labute approximate surface area is 126 Å². The molecule has 0 amide bonds. The predicted octanol–water partition coefficient (Wildman–Crippen LogP) is 3.61. The molecule has 1 aliphatic rings. The highest BCUT2D eigenvalue weighted by molar-refractivity contribution is 5.83. The van der Waals surface area contributed by atoms with Gasteiger partial charge in [-0.3, -0.25) is 0 Å². The summed E-state index contributed by atoms with van der Waals surface area (Å²) in [4.78, 5) is 0. The number of nitrogens with zero attached hydrogens (tertiary/aromatic N) is 2. The summed E-state index contributed by atoms with van der Waals surface area (Å²) in [5.41, 5.74) is 9.02. The minimum Gasteiger partial charge on any atom is -0.347 e. The number of nitrogens with two attached hydrogens (primary N) is 1. The van der Waals surface area contributed by atoms with Gasteiger partial charge in [0, 0.05) is 30.6 Å². The summed E-state index contributed by atoms with van der Waals surface area (Å²) in [7, 11) is 0. The number of para-hydroxylation sites is 1. The topological polar surface area (TPSA) is 54.7 Å². The van der Waals surface area contributed by atoms with E-state index in [0.29, 0.717) is 6.42 Å². The van der Waals surface area contributed by atoms with Gasteiger partial charge in [-0.1, -0.05) is 25.1 Å². The van der Waals surface area contributed by atoms with Crippen LogP contribution in [0.15, 0.2) is 30.5 Å². The third-order valence-electron chi connectivity index (χ3n) is 4.80. The zero-order chi connectivity index (χ0) is 14.9. The molecule has 0 saturated heterocycles. The van der Waals surface area contributed by atoms with E-state index in [9.17, 15) is 0 Å². The van der Waals surface area contributed by atoms with Crippen molar-refractivity contribution in [2.45, 2.75) is 51.6 Å². The summed E-state index contributed by atoms with van der Waals surface area (Å²) in [5.74, 6) is 0. The standard InChI is InChI=1S/C18H23N3/c1-2-16(20)12-15-5-3-4-14-6-11-21(17(14)15)13-18(7-8-18)9-10-19/h3-6,11,16H,2,7-9,12-13,20H2,1H3. The molecule has 0 bridgehead atoms.